The Kier molecular flexibility index (Phi) is 5.06. The fourth-order valence-electron chi connectivity index (χ4n) is 1.53. The van der Waals surface area contributed by atoms with E-state index in [0.717, 1.165) is 25.7 Å². The average molecular weight is 230 g/mol. The van der Waals surface area contributed by atoms with Crippen LogP contribution in [0.3, 0.4) is 0 Å². The summed E-state index contributed by atoms with van der Waals surface area (Å²) in [5.41, 5.74) is 7.23. The van der Waals surface area contributed by atoms with Crippen LogP contribution in [-0.4, -0.2) is 6.54 Å². The van der Waals surface area contributed by atoms with Gasteiger partial charge in [-0.1, -0.05) is 23.3 Å². The Labute approximate surface area is 95.5 Å². The molecule has 0 fully saturated rings. The highest BCUT2D eigenvalue weighted by Crippen LogP contribution is 2.28. The maximum absolute atomic E-state index is 13.4. The van der Waals surface area contributed by atoms with Crippen LogP contribution in [0.15, 0.2) is 34.2 Å². The molecule has 0 aliphatic heterocycles. The zero-order chi connectivity index (χ0) is 11.3. The lowest BCUT2D eigenvalue weighted by Gasteiger charge is -2.02. The second-order valence-electron chi connectivity index (χ2n) is 3.80. The molecule has 0 aromatic heterocycles. The third-order valence-corrected chi connectivity index (χ3v) is 2.78. The molecule has 15 heavy (non-hydrogen) atoms. The van der Waals surface area contributed by atoms with E-state index in [9.17, 15) is 4.39 Å². The Morgan fingerprint density at radius 2 is 2.20 bits per heavy atom. The van der Waals surface area contributed by atoms with Gasteiger partial charge in [0.05, 0.1) is 5.03 Å². The lowest BCUT2D eigenvalue weighted by Crippen LogP contribution is -1.98. The topological polar surface area (TPSA) is 26.0 Å². The average Bonchev–Trinajstić information content (AvgIpc) is 2.33. The summed E-state index contributed by atoms with van der Waals surface area (Å²) in [7, 11) is 0. The Balaban J connectivity index is 2.65. The van der Waals surface area contributed by atoms with E-state index in [2.05, 4.69) is 0 Å². The molecule has 0 aromatic carbocycles. The Hall–Kier alpha value is -0.600. The molecule has 0 heterocycles. The van der Waals surface area contributed by atoms with Gasteiger partial charge in [-0.15, -0.1) is 0 Å². The number of nitrogens with two attached hydrogens (primary N) is 1. The summed E-state index contributed by atoms with van der Waals surface area (Å²) in [5, 5.41) is 0.226. The van der Waals surface area contributed by atoms with Crippen LogP contribution < -0.4 is 5.73 Å². The van der Waals surface area contributed by atoms with E-state index < -0.39 is 0 Å². The number of allylic oxidation sites excluding steroid dienone is 6. The van der Waals surface area contributed by atoms with Crippen molar-refractivity contribution < 1.29 is 4.39 Å². The predicted molar refractivity (Wildman–Crippen MR) is 63.3 cm³/mol. The molecular formula is C12H17ClFN. The van der Waals surface area contributed by atoms with Gasteiger partial charge in [0.15, 0.2) is 0 Å². The van der Waals surface area contributed by atoms with Crippen LogP contribution in [0.25, 0.3) is 0 Å². The summed E-state index contributed by atoms with van der Waals surface area (Å²) in [6.07, 6.45) is 7.43. The molecule has 0 atom stereocenters. The smallest absolute Gasteiger partial charge is 0.144 e. The van der Waals surface area contributed by atoms with Crippen LogP contribution in [0.1, 0.15) is 32.6 Å². The molecule has 3 heteroatoms. The molecule has 1 rings (SSSR count). The summed E-state index contributed by atoms with van der Waals surface area (Å²) in [6, 6.07) is 0. The predicted octanol–water partition coefficient (Wildman–Crippen LogP) is 3.81. The summed E-state index contributed by atoms with van der Waals surface area (Å²) < 4.78 is 13.4. The van der Waals surface area contributed by atoms with Crippen LogP contribution in [0, 0.1) is 0 Å². The summed E-state index contributed by atoms with van der Waals surface area (Å²) >= 11 is 5.84. The van der Waals surface area contributed by atoms with E-state index in [-0.39, 0.29) is 10.9 Å². The van der Waals surface area contributed by atoms with Crippen molar-refractivity contribution in [2.75, 3.05) is 6.54 Å². The zero-order valence-electron chi connectivity index (χ0n) is 9.02. The molecule has 0 saturated carbocycles. The van der Waals surface area contributed by atoms with Crippen molar-refractivity contribution in [1.82, 2.24) is 0 Å². The van der Waals surface area contributed by atoms with E-state index in [1.165, 1.54) is 5.57 Å². The summed E-state index contributed by atoms with van der Waals surface area (Å²) in [4.78, 5) is 0. The fourth-order valence-corrected chi connectivity index (χ4v) is 1.84. The minimum absolute atomic E-state index is 0.226. The van der Waals surface area contributed by atoms with Crippen molar-refractivity contribution in [3.8, 4) is 0 Å². The molecule has 0 spiro atoms. The Morgan fingerprint density at radius 1 is 1.47 bits per heavy atom. The van der Waals surface area contributed by atoms with Crippen LogP contribution in [0.2, 0.25) is 0 Å². The third kappa shape index (κ3) is 3.80. The van der Waals surface area contributed by atoms with Gasteiger partial charge in [0.2, 0.25) is 0 Å². The second kappa shape index (κ2) is 6.09. The van der Waals surface area contributed by atoms with E-state index in [1.807, 2.05) is 6.08 Å². The van der Waals surface area contributed by atoms with Crippen molar-refractivity contribution in [2.24, 2.45) is 5.73 Å². The van der Waals surface area contributed by atoms with Crippen molar-refractivity contribution in [2.45, 2.75) is 32.6 Å². The van der Waals surface area contributed by atoms with E-state index in [4.69, 9.17) is 17.3 Å². The standard InChI is InChI=1S/C12H17ClFN/c1-9-5-6-10(4-2-3-7-15)8-11(13)12(9)14/h5,8H,2-4,6-7,15H2,1H3. The van der Waals surface area contributed by atoms with Gasteiger partial charge in [-0.05, 0) is 50.8 Å². The highest BCUT2D eigenvalue weighted by atomic mass is 35.5. The number of halogens is 2. The number of hydrogen-bond donors (Lipinski definition) is 1. The van der Waals surface area contributed by atoms with Gasteiger partial charge in [-0.2, -0.15) is 0 Å². The molecule has 0 radical (unpaired) electrons. The maximum atomic E-state index is 13.4. The summed E-state index contributed by atoms with van der Waals surface area (Å²) in [6.45, 7) is 2.45. The molecule has 2 N–H and O–H groups in total. The van der Waals surface area contributed by atoms with Crippen LogP contribution >= 0.6 is 11.6 Å². The molecular weight excluding hydrogens is 213 g/mol. The SMILES string of the molecule is CC1=CCC(CCCCN)=CC(Cl)=C1F. The largest absolute Gasteiger partial charge is 0.330 e. The quantitative estimate of drug-likeness (QED) is 0.729. The minimum atomic E-state index is -0.300. The van der Waals surface area contributed by atoms with E-state index >= 15 is 0 Å². The van der Waals surface area contributed by atoms with E-state index in [1.54, 1.807) is 13.0 Å². The zero-order valence-corrected chi connectivity index (χ0v) is 9.78. The molecule has 84 valence electrons. The van der Waals surface area contributed by atoms with Crippen molar-refractivity contribution in [3.05, 3.63) is 34.2 Å². The van der Waals surface area contributed by atoms with Crippen molar-refractivity contribution in [3.63, 3.8) is 0 Å². The monoisotopic (exact) mass is 229 g/mol. The fraction of sp³-hybridized carbons (Fsp3) is 0.500. The highest BCUT2D eigenvalue weighted by Gasteiger charge is 2.09. The molecule has 1 nitrogen and oxygen atoms in total. The highest BCUT2D eigenvalue weighted by molar-refractivity contribution is 6.31. The first-order valence-electron chi connectivity index (χ1n) is 5.27. The van der Waals surface area contributed by atoms with Gasteiger partial charge in [-0.25, -0.2) is 4.39 Å². The minimum Gasteiger partial charge on any atom is -0.330 e. The van der Waals surface area contributed by atoms with Gasteiger partial charge in [0.1, 0.15) is 5.83 Å². The van der Waals surface area contributed by atoms with Gasteiger partial charge in [-0.3, -0.25) is 0 Å². The molecule has 1 aliphatic rings. The van der Waals surface area contributed by atoms with Gasteiger partial charge < -0.3 is 5.73 Å². The molecule has 0 bridgehead atoms. The van der Waals surface area contributed by atoms with Gasteiger partial charge in [0.25, 0.3) is 0 Å². The molecule has 1 aliphatic carbocycles. The molecule has 0 aromatic rings. The molecule has 0 unspecified atom stereocenters. The third-order valence-electron chi connectivity index (χ3n) is 2.51. The number of hydrogen-bond acceptors (Lipinski definition) is 1. The van der Waals surface area contributed by atoms with Gasteiger partial charge >= 0.3 is 0 Å². The van der Waals surface area contributed by atoms with Crippen LogP contribution in [-0.2, 0) is 0 Å². The molecule has 0 amide bonds. The first-order valence-corrected chi connectivity index (χ1v) is 5.65. The number of rotatable bonds is 4. The number of unbranched alkanes of at least 4 members (excludes halogenated alkanes) is 1. The van der Waals surface area contributed by atoms with Gasteiger partial charge in [0, 0.05) is 0 Å². The molecule has 0 saturated heterocycles. The van der Waals surface area contributed by atoms with Crippen LogP contribution in [0.5, 0.6) is 0 Å². The lowest BCUT2D eigenvalue weighted by molar-refractivity contribution is 0.649. The maximum Gasteiger partial charge on any atom is 0.144 e. The van der Waals surface area contributed by atoms with Crippen LogP contribution in [0.4, 0.5) is 4.39 Å². The normalized spacial score (nSPS) is 17.3. The van der Waals surface area contributed by atoms with Crippen molar-refractivity contribution in [1.29, 1.82) is 0 Å². The summed E-state index contributed by atoms with van der Waals surface area (Å²) in [5.74, 6) is -0.300. The second-order valence-corrected chi connectivity index (χ2v) is 4.21. The Morgan fingerprint density at radius 3 is 2.87 bits per heavy atom. The lowest BCUT2D eigenvalue weighted by atomic mass is 10.1. The van der Waals surface area contributed by atoms with E-state index in [0.29, 0.717) is 12.1 Å². The first kappa shape index (κ1) is 12.5. The first-order chi connectivity index (χ1) is 7.15. The van der Waals surface area contributed by atoms with Crippen molar-refractivity contribution >= 4 is 11.6 Å². The Bertz CT molecular complexity index is 316.